The third-order valence-corrected chi connectivity index (χ3v) is 2.90. The van der Waals surface area contributed by atoms with Gasteiger partial charge in [0.2, 0.25) is 0 Å². The van der Waals surface area contributed by atoms with Crippen molar-refractivity contribution in [1.82, 2.24) is 0 Å². The number of aliphatic hydroxyl groups excluding tert-OH is 1. The van der Waals surface area contributed by atoms with Gasteiger partial charge in [-0.1, -0.05) is 25.8 Å². The first-order valence-corrected chi connectivity index (χ1v) is 7.51. The molecule has 3 nitrogen and oxygen atoms in total. The van der Waals surface area contributed by atoms with E-state index in [0.29, 0.717) is 6.42 Å². The molecular weight excluding hydrogens is 240 g/mol. The summed E-state index contributed by atoms with van der Waals surface area (Å²) in [4.78, 5) is 11.5. The van der Waals surface area contributed by atoms with Gasteiger partial charge in [-0.3, -0.25) is 4.79 Å². The lowest BCUT2D eigenvalue weighted by molar-refractivity contribution is -0.148. The Balaban J connectivity index is 0.000000711. The average Bonchev–Trinajstić information content (AvgIpc) is 2.32. The average molecular weight is 270 g/mol. The van der Waals surface area contributed by atoms with Crippen molar-refractivity contribution in [2.24, 2.45) is 0 Å². The summed E-state index contributed by atoms with van der Waals surface area (Å²) in [5.41, 5.74) is 1.23. The molecular formula is C16H30O3. The van der Waals surface area contributed by atoms with E-state index in [2.05, 4.69) is 19.9 Å². The van der Waals surface area contributed by atoms with Gasteiger partial charge < -0.3 is 9.84 Å². The SMILES string of the molecule is CC(C)O.CCCCCC(=O)O[C@H]1CCCC=C1C. The fourth-order valence-electron chi connectivity index (χ4n) is 1.88. The van der Waals surface area contributed by atoms with Crippen LogP contribution in [0.25, 0.3) is 0 Å². The van der Waals surface area contributed by atoms with Crippen LogP contribution in [0.1, 0.15) is 72.6 Å². The molecule has 0 bridgehead atoms. The topological polar surface area (TPSA) is 46.5 Å². The Labute approximate surface area is 118 Å². The molecule has 0 aromatic heterocycles. The Kier molecular flexibility index (Phi) is 10.6. The molecule has 0 amide bonds. The summed E-state index contributed by atoms with van der Waals surface area (Å²) >= 11 is 0. The molecule has 112 valence electrons. The van der Waals surface area contributed by atoms with Gasteiger partial charge in [-0.2, -0.15) is 0 Å². The van der Waals surface area contributed by atoms with Gasteiger partial charge in [-0.25, -0.2) is 0 Å². The lowest BCUT2D eigenvalue weighted by atomic mass is 9.98. The number of hydrogen-bond donors (Lipinski definition) is 1. The largest absolute Gasteiger partial charge is 0.458 e. The number of hydrogen-bond acceptors (Lipinski definition) is 3. The van der Waals surface area contributed by atoms with Gasteiger partial charge in [0.05, 0.1) is 0 Å². The van der Waals surface area contributed by atoms with E-state index in [1.807, 2.05) is 0 Å². The van der Waals surface area contributed by atoms with E-state index in [4.69, 9.17) is 9.84 Å². The molecule has 0 saturated carbocycles. The Bertz CT molecular complexity index is 266. The zero-order valence-corrected chi connectivity index (χ0v) is 12.9. The lowest BCUT2D eigenvalue weighted by Gasteiger charge is -2.22. The molecule has 1 aliphatic carbocycles. The standard InChI is InChI=1S/C13H22O2.C3H8O/c1-3-4-5-10-13(14)15-12-9-7-6-8-11(12)2;1-3(2)4/h8,12H,3-7,9-10H2,1-2H3;3-4H,1-2H3/t12-;/m0./s1. The molecule has 3 heteroatoms. The summed E-state index contributed by atoms with van der Waals surface area (Å²) in [7, 11) is 0. The molecule has 0 radical (unpaired) electrons. The molecule has 1 N–H and O–H groups in total. The van der Waals surface area contributed by atoms with Gasteiger partial charge in [-0.05, 0) is 52.0 Å². The molecule has 0 heterocycles. The van der Waals surface area contributed by atoms with Gasteiger partial charge >= 0.3 is 5.97 Å². The summed E-state index contributed by atoms with van der Waals surface area (Å²) in [6, 6.07) is 0. The Morgan fingerprint density at radius 1 is 1.47 bits per heavy atom. The van der Waals surface area contributed by atoms with Crippen LogP contribution < -0.4 is 0 Å². The van der Waals surface area contributed by atoms with Crippen LogP contribution in [-0.2, 0) is 9.53 Å². The number of carbonyl (C=O) groups excluding carboxylic acids is 1. The molecule has 0 saturated heterocycles. The Morgan fingerprint density at radius 3 is 2.63 bits per heavy atom. The molecule has 1 aliphatic rings. The van der Waals surface area contributed by atoms with Crippen LogP contribution in [0.5, 0.6) is 0 Å². The highest BCUT2D eigenvalue weighted by Gasteiger charge is 2.18. The zero-order valence-electron chi connectivity index (χ0n) is 12.9. The van der Waals surface area contributed by atoms with Crippen molar-refractivity contribution in [2.75, 3.05) is 0 Å². The van der Waals surface area contributed by atoms with Crippen molar-refractivity contribution in [1.29, 1.82) is 0 Å². The van der Waals surface area contributed by atoms with E-state index < -0.39 is 0 Å². The maximum absolute atomic E-state index is 11.5. The maximum Gasteiger partial charge on any atom is 0.306 e. The van der Waals surface area contributed by atoms with Crippen LogP contribution in [-0.4, -0.2) is 23.3 Å². The van der Waals surface area contributed by atoms with Crippen molar-refractivity contribution in [2.45, 2.75) is 84.8 Å². The second kappa shape index (κ2) is 11.0. The minimum absolute atomic E-state index is 0.0249. The highest BCUT2D eigenvalue weighted by Crippen LogP contribution is 2.21. The maximum atomic E-state index is 11.5. The summed E-state index contributed by atoms with van der Waals surface area (Å²) in [5, 5.41) is 8.06. The highest BCUT2D eigenvalue weighted by molar-refractivity contribution is 5.69. The Hall–Kier alpha value is -0.830. The molecule has 0 spiro atoms. The number of rotatable bonds is 5. The van der Waals surface area contributed by atoms with Crippen molar-refractivity contribution < 1.29 is 14.6 Å². The van der Waals surface area contributed by atoms with E-state index in [1.165, 1.54) is 5.57 Å². The van der Waals surface area contributed by atoms with E-state index in [1.54, 1.807) is 13.8 Å². The smallest absolute Gasteiger partial charge is 0.306 e. The zero-order chi connectivity index (χ0) is 14.7. The number of allylic oxidation sites excluding steroid dienone is 1. The monoisotopic (exact) mass is 270 g/mol. The summed E-state index contributed by atoms with van der Waals surface area (Å²) in [5.74, 6) is -0.0249. The first-order chi connectivity index (χ1) is 8.97. The molecule has 19 heavy (non-hydrogen) atoms. The number of esters is 1. The first kappa shape index (κ1) is 18.2. The molecule has 1 atom stereocenters. The van der Waals surface area contributed by atoms with Crippen molar-refractivity contribution in [3.05, 3.63) is 11.6 Å². The van der Waals surface area contributed by atoms with Crippen molar-refractivity contribution in [3.8, 4) is 0 Å². The van der Waals surface area contributed by atoms with Gasteiger partial charge in [0, 0.05) is 12.5 Å². The third kappa shape index (κ3) is 10.8. The second-order valence-corrected chi connectivity index (χ2v) is 5.41. The third-order valence-electron chi connectivity index (χ3n) is 2.90. The normalized spacial score (nSPS) is 18.4. The van der Waals surface area contributed by atoms with Crippen molar-refractivity contribution >= 4 is 5.97 Å². The van der Waals surface area contributed by atoms with E-state index in [0.717, 1.165) is 38.5 Å². The molecule has 0 aromatic rings. The van der Waals surface area contributed by atoms with Gasteiger partial charge in [0.1, 0.15) is 6.10 Å². The van der Waals surface area contributed by atoms with E-state index in [9.17, 15) is 4.79 Å². The highest BCUT2D eigenvalue weighted by atomic mass is 16.5. The Morgan fingerprint density at radius 2 is 2.11 bits per heavy atom. The van der Waals surface area contributed by atoms with Gasteiger partial charge in [0.15, 0.2) is 0 Å². The number of unbranched alkanes of at least 4 members (excludes halogenated alkanes) is 2. The number of carbonyl (C=O) groups is 1. The minimum Gasteiger partial charge on any atom is -0.458 e. The lowest BCUT2D eigenvalue weighted by Crippen LogP contribution is -2.21. The molecule has 0 aliphatic heterocycles. The van der Waals surface area contributed by atoms with Crippen LogP contribution in [0.15, 0.2) is 11.6 Å². The van der Waals surface area contributed by atoms with Gasteiger partial charge in [0.25, 0.3) is 0 Å². The fraction of sp³-hybridized carbons (Fsp3) is 0.812. The molecule has 1 rings (SSSR count). The molecule has 0 unspecified atom stereocenters. The summed E-state index contributed by atoms with van der Waals surface area (Å²) < 4.78 is 5.44. The summed E-state index contributed by atoms with van der Waals surface area (Å²) in [6.45, 7) is 7.64. The molecule has 0 fully saturated rings. The van der Waals surface area contributed by atoms with Crippen LogP contribution in [0.4, 0.5) is 0 Å². The number of ether oxygens (including phenoxy) is 1. The van der Waals surface area contributed by atoms with Crippen LogP contribution in [0.3, 0.4) is 0 Å². The van der Waals surface area contributed by atoms with E-state index >= 15 is 0 Å². The number of aliphatic hydroxyl groups is 1. The minimum atomic E-state index is -0.167. The predicted molar refractivity (Wildman–Crippen MR) is 79.0 cm³/mol. The quantitative estimate of drug-likeness (QED) is 0.466. The predicted octanol–water partition coefficient (Wildman–Crippen LogP) is 4.00. The van der Waals surface area contributed by atoms with E-state index in [-0.39, 0.29) is 18.2 Å². The molecule has 0 aromatic carbocycles. The van der Waals surface area contributed by atoms with Gasteiger partial charge in [-0.15, -0.1) is 0 Å². The first-order valence-electron chi connectivity index (χ1n) is 7.51. The van der Waals surface area contributed by atoms with Crippen molar-refractivity contribution in [3.63, 3.8) is 0 Å². The van der Waals surface area contributed by atoms with Crippen LogP contribution in [0, 0.1) is 0 Å². The fourth-order valence-corrected chi connectivity index (χ4v) is 1.88. The second-order valence-electron chi connectivity index (χ2n) is 5.41. The van der Waals surface area contributed by atoms with Crippen LogP contribution in [0.2, 0.25) is 0 Å². The summed E-state index contributed by atoms with van der Waals surface area (Å²) in [6.07, 6.45) is 9.18. The van der Waals surface area contributed by atoms with Crippen LogP contribution >= 0.6 is 0 Å².